The summed E-state index contributed by atoms with van der Waals surface area (Å²) in [6.07, 6.45) is 10.4. The van der Waals surface area contributed by atoms with Crippen LogP contribution in [-0.4, -0.2) is 47.9 Å². The summed E-state index contributed by atoms with van der Waals surface area (Å²) in [5.74, 6) is 1.55. The molecule has 0 radical (unpaired) electrons. The highest BCUT2D eigenvalue weighted by atomic mass is 15.4. The van der Waals surface area contributed by atoms with Gasteiger partial charge < -0.3 is 15.1 Å². The van der Waals surface area contributed by atoms with Gasteiger partial charge in [0.2, 0.25) is 5.95 Å². The maximum atomic E-state index is 4.71. The standard InChI is InChI=1S/C23H32N6/c1-18-7-6-10-21(19(18)2)28-13-15-29(16-14-28)23-26-22(17-25-27-23)24-12-11-20-8-4-3-5-9-20/h6-8,10,17H,3-5,9,11-16H2,1-2H3,(H,24,26,27). The lowest BCUT2D eigenvalue weighted by atomic mass is 9.97. The van der Waals surface area contributed by atoms with Crippen molar-refractivity contribution in [1.29, 1.82) is 0 Å². The molecule has 0 spiro atoms. The Morgan fingerprint density at radius 3 is 2.66 bits per heavy atom. The zero-order valence-corrected chi connectivity index (χ0v) is 17.7. The Morgan fingerprint density at radius 2 is 1.86 bits per heavy atom. The van der Waals surface area contributed by atoms with Gasteiger partial charge >= 0.3 is 0 Å². The average Bonchev–Trinajstić information content (AvgIpc) is 2.77. The molecule has 2 aromatic rings. The highest BCUT2D eigenvalue weighted by Gasteiger charge is 2.21. The zero-order chi connectivity index (χ0) is 20.1. The van der Waals surface area contributed by atoms with Crippen LogP contribution in [0, 0.1) is 13.8 Å². The quantitative estimate of drug-likeness (QED) is 0.747. The molecule has 0 unspecified atom stereocenters. The van der Waals surface area contributed by atoms with Crippen LogP contribution >= 0.6 is 0 Å². The second kappa shape index (κ2) is 9.25. The number of rotatable bonds is 6. The van der Waals surface area contributed by atoms with E-state index in [2.05, 4.69) is 63.4 Å². The van der Waals surface area contributed by atoms with Gasteiger partial charge in [-0.3, -0.25) is 0 Å². The minimum absolute atomic E-state index is 0.729. The van der Waals surface area contributed by atoms with Gasteiger partial charge in [-0.25, -0.2) is 0 Å². The highest BCUT2D eigenvalue weighted by Crippen LogP contribution is 2.25. The van der Waals surface area contributed by atoms with Crippen molar-refractivity contribution in [2.45, 2.75) is 46.0 Å². The van der Waals surface area contributed by atoms with Crippen LogP contribution in [0.25, 0.3) is 0 Å². The summed E-state index contributed by atoms with van der Waals surface area (Å²) in [5.41, 5.74) is 5.64. The van der Waals surface area contributed by atoms with Gasteiger partial charge in [-0.05, 0) is 63.1 Å². The Labute approximate surface area is 174 Å². The Hall–Kier alpha value is -2.63. The third-order valence-corrected chi connectivity index (χ3v) is 6.16. The molecule has 1 aliphatic carbocycles. The zero-order valence-electron chi connectivity index (χ0n) is 17.7. The molecular formula is C23H32N6. The number of nitrogens with zero attached hydrogens (tertiary/aromatic N) is 5. The minimum Gasteiger partial charge on any atom is -0.368 e. The lowest BCUT2D eigenvalue weighted by Crippen LogP contribution is -2.47. The maximum absolute atomic E-state index is 4.71. The van der Waals surface area contributed by atoms with E-state index in [1.807, 2.05) is 0 Å². The van der Waals surface area contributed by atoms with Crippen molar-refractivity contribution in [2.24, 2.45) is 0 Å². The summed E-state index contributed by atoms with van der Waals surface area (Å²) in [7, 11) is 0. The van der Waals surface area contributed by atoms with Gasteiger partial charge in [0.25, 0.3) is 0 Å². The van der Waals surface area contributed by atoms with Crippen LogP contribution in [0.1, 0.15) is 43.2 Å². The van der Waals surface area contributed by atoms with E-state index in [9.17, 15) is 0 Å². The van der Waals surface area contributed by atoms with Crippen LogP contribution in [0.15, 0.2) is 36.0 Å². The molecule has 1 aromatic heterocycles. The SMILES string of the molecule is Cc1cccc(N2CCN(c3nncc(NCCC4=CCCCC4)n3)CC2)c1C. The third-order valence-electron chi connectivity index (χ3n) is 6.16. The Balaban J connectivity index is 1.32. The Bertz CT molecular complexity index is 854. The van der Waals surface area contributed by atoms with Crippen LogP contribution in [0.4, 0.5) is 17.5 Å². The van der Waals surface area contributed by atoms with Gasteiger partial charge in [0.1, 0.15) is 0 Å². The highest BCUT2D eigenvalue weighted by molar-refractivity contribution is 5.57. The van der Waals surface area contributed by atoms with Crippen LogP contribution in [-0.2, 0) is 0 Å². The maximum Gasteiger partial charge on any atom is 0.247 e. The van der Waals surface area contributed by atoms with Crippen molar-refractivity contribution in [2.75, 3.05) is 47.8 Å². The molecule has 6 nitrogen and oxygen atoms in total. The Kier molecular flexibility index (Phi) is 6.27. The first-order chi connectivity index (χ1) is 14.2. The number of benzene rings is 1. The van der Waals surface area contributed by atoms with E-state index >= 15 is 0 Å². The summed E-state index contributed by atoms with van der Waals surface area (Å²) < 4.78 is 0. The van der Waals surface area contributed by atoms with E-state index in [1.165, 1.54) is 42.5 Å². The average molecular weight is 393 g/mol. The first-order valence-corrected chi connectivity index (χ1v) is 10.9. The molecular weight excluding hydrogens is 360 g/mol. The number of hydrogen-bond donors (Lipinski definition) is 1. The largest absolute Gasteiger partial charge is 0.368 e. The van der Waals surface area contributed by atoms with Crippen molar-refractivity contribution >= 4 is 17.5 Å². The molecule has 1 aliphatic heterocycles. The third kappa shape index (κ3) is 4.86. The fourth-order valence-electron chi connectivity index (χ4n) is 4.22. The lowest BCUT2D eigenvalue weighted by Gasteiger charge is -2.36. The molecule has 1 aromatic carbocycles. The van der Waals surface area contributed by atoms with Crippen LogP contribution in [0.5, 0.6) is 0 Å². The molecule has 0 bridgehead atoms. The summed E-state index contributed by atoms with van der Waals surface area (Å²) in [4.78, 5) is 9.42. The first-order valence-electron chi connectivity index (χ1n) is 10.9. The first kappa shape index (κ1) is 19.7. The lowest BCUT2D eigenvalue weighted by molar-refractivity contribution is 0.634. The normalized spacial score (nSPS) is 17.2. The second-order valence-electron chi connectivity index (χ2n) is 8.12. The second-order valence-corrected chi connectivity index (χ2v) is 8.12. The van der Waals surface area contributed by atoms with E-state index in [0.717, 1.165) is 50.9 Å². The van der Waals surface area contributed by atoms with Crippen molar-refractivity contribution < 1.29 is 0 Å². The number of anilines is 3. The number of allylic oxidation sites excluding steroid dienone is 1. The molecule has 0 atom stereocenters. The number of aryl methyl sites for hydroxylation is 1. The molecule has 0 amide bonds. The smallest absolute Gasteiger partial charge is 0.247 e. The number of aromatic nitrogens is 3. The molecule has 29 heavy (non-hydrogen) atoms. The van der Waals surface area contributed by atoms with E-state index in [-0.39, 0.29) is 0 Å². The van der Waals surface area contributed by atoms with Crippen molar-refractivity contribution in [3.8, 4) is 0 Å². The fraction of sp³-hybridized carbons (Fsp3) is 0.522. The van der Waals surface area contributed by atoms with Crippen molar-refractivity contribution in [3.63, 3.8) is 0 Å². The van der Waals surface area contributed by atoms with Gasteiger partial charge in [0, 0.05) is 38.4 Å². The molecule has 154 valence electrons. The fourth-order valence-corrected chi connectivity index (χ4v) is 4.22. The molecule has 1 N–H and O–H groups in total. The van der Waals surface area contributed by atoms with E-state index in [0.29, 0.717) is 0 Å². The van der Waals surface area contributed by atoms with Gasteiger partial charge in [-0.15, -0.1) is 5.10 Å². The van der Waals surface area contributed by atoms with Gasteiger partial charge in [-0.1, -0.05) is 23.8 Å². The van der Waals surface area contributed by atoms with E-state index in [4.69, 9.17) is 4.98 Å². The molecule has 2 heterocycles. The minimum atomic E-state index is 0.729. The van der Waals surface area contributed by atoms with Crippen LogP contribution < -0.4 is 15.1 Å². The van der Waals surface area contributed by atoms with E-state index < -0.39 is 0 Å². The summed E-state index contributed by atoms with van der Waals surface area (Å²) in [5, 5.41) is 11.9. The topological polar surface area (TPSA) is 57.2 Å². The molecule has 6 heteroatoms. The number of piperazine rings is 1. The van der Waals surface area contributed by atoms with E-state index in [1.54, 1.807) is 11.8 Å². The molecule has 0 saturated carbocycles. The number of nitrogens with one attached hydrogen (secondary N) is 1. The summed E-state index contributed by atoms with van der Waals surface area (Å²) in [6, 6.07) is 6.55. The molecule has 4 rings (SSSR count). The molecule has 1 fully saturated rings. The monoisotopic (exact) mass is 392 g/mol. The summed E-state index contributed by atoms with van der Waals surface area (Å²) in [6.45, 7) is 9.06. The van der Waals surface area contributed by atoms with Gasteiger partial charge in [0.05, 0.1) is 6.20 Å². The van der Waals surface area contributed by atoms with Gasteiger partial charge in [0.15, 0.2) is 5.82 Å². The van der Waals surface area contributed by atoms with Crippen molar-refractivity contribution in [3.05, 3.63) is 47.2 Å². The molecule has 1 saturated heterocycles. The van der Waals surface area contributed by atoms with Crippen molar-refractivity contribution in [1.82, 2.24) is 15.2 Å². The van der Waals surface area contributed by atoms with Crippen LogP contribution in [0.2, 0.25) is 0 Å². The number of hydrogen-bond acceptors (Lipinski definition) is 6. The predicted octanol–water partition coefficient (Wildman–Crippen LogP) is 4.12. The predicted molar refractivity (Wildman–Crippen MR) is 120 cm³/mol. The van der Waals surface area contributed by atoms with Gasteiger partial charge in [-0.2, -0.15) is 10.1 Å². The van der Waals surface area contributed by atoms with Crippen LogP contribution in [0.3, 0.4) is 0 Å². The molecule has 2 aliphatic rings. The summed E-state index contributed by atoms with van der Waals surface area (Å²) >= 11 is 0. The Morgan fingerprint density at radius 1 is 1.03 bits per heavy atom.